The average Bonchev–Trinajstić information content (AvgIpc) is 2.45. The molecular formula is C15H22N2O2. The quantitative estimate of drug-likeness (QED) is 0.782. The highest BCUT2D eigenvalue weighted by atomic mass is 16.2. The van der Waals surface area contributed by atoms with Gasteiger partial charge in [-0.3, -0.25) is 9.59 Å². The Balaban J connectivity index is 2.16. The number of benzene rings is 1. The number of amides is 2. The van der Waals surface area contributed by atoms with Crippen LogP contribution in [0.1, 0.15) is 25.8 Å². The zero-order valence-corrected chi connectivity index (χ0v) is 11.6. The Morgan fingerprint density at radius 3 is 2.47 bits per heavy atom. The van der Waals surface area contributed by atoms with E-state index in [0.29, 0.717) is 6.54 Å². The molecule has 2 amide bonds. The summed E-state index contributed by atoms with van der Waals surface area (Å²) in [6.07, 6.45) is 1.58. The van der Waals surface area contributed by atoms with E-state index in [4.69, 9.17) is 0 Å². The molecule has 0 aliphatic rings. The van der Waals surface area contributed by atoms with Crippen LogP contribution in [0.15, 0.2) is 30.3 Å². The third-order valence-electron chi connectivity index (χ3n) is 3.06. The number of carbonyl (C=O) groups excluding carboxylic acids is 2. The van der Waals surface area contributed by atoms with Gasteiger partial charge in [-0.15, -0.1) is 0 Å². The van der Waals surface area contributed by atoms with E-state index in [1.165, 1.54) is 5.56 Å². The first-order chi connectivity index (χ1) is 9.13. The van der Waals surface area contributed by atoms with E-state index < -0.39 is 0 Å². The summed E-state index contributed by atoms with van der Waals surface area (Å²) >= 11 is 0. The van der Waals surface area contributed by atoms with Crippen LogP contribution in [0.25, 0.3) is 0 Å². The van der Waals surface area contributed by atoms with Crippen LogP contribution in [0.5, 0.6) is 0 Å². The highest BCUT2D eigenvalue weighted by Gasteiger charge is 2.11. The van der Waals surface area contributed by atoms with Crippen LogP contribution in [0.4, 0.5) is 0 Å². The largest absolute Gasteiger partial charge is 0.354 e. The summed E-state index contributed by atoms with van der Waals surface area (Å²) in [5.41, 5.74) is 1.19. The fourth-order valence-corrected chi connectivity index (χ4v) is 1.58. The minimum Gasteiger partial charge on any atom is -0.354 e. The van der Waals surface area contributed by atoms with Gasteiger partial charge in [-0.2, -0.15) is 0 Å². The summed E-state index contributed by atoms with van der Waals surface area (Å²) in [5.74, 6) is -0.259. The SMILES string of the molecule is CCC(C)C(=O)NCC(=O)NCCc1ccccc1. The Bertz CT molecular complexity index is 404. The zero-order chi connectivity index (χ0) is 14.1. The van der Waals surface area contributed by atoms with E-state index in [-0.39, 0.29) is 24.3 Å². The van der Waals surface area contributed by atoms with Crippen LogP contribution < -0.4 is 10.6 Å². The topological polar surface area (TPSA) is 58.2 Å². The van der Waals surface area contributed by atoms with Crippen molar-refractivity contribution in [3.05, 3.63) is 35.9 Å². The predicted molar refractivity (Wildman–Crippen MR) is 75.6 cm³/mol. The standard InChI is InChI=1S/C15H22N2O2/c1-3-12(2)15(19)17-11-14(18)16-10-9-13-7-5-4-6-8-13/h4-8,12H,3,9-11H2,1-2H3,(H,16,18)(H,17,19). The molecule has 104 valence electrons. The second-order valence-electron chi connectivity index (χ2n) is 4.61. The molecule has 4 nitrogen and oxygen atoms in total. The van der Waals surface area contributed by atoms with Gasteiger partial charge < -0.3 is 10.6 Å². The minimum atomic E-state index is -0.146. The molecule has 0 saturated carbocycles. The number of hydrogen-bond acceptors (Lipinski definition) is 2. The summed E-state index contributed by atoms with van der Waals surface area (Å²) in [7, 11) is 0. The van der Waals surface area contributed by atoms with Crippen molar-refractivity contribution in [3.63, 3.8) is 0 Å². The van der Waals surface area contributed by atoms with Crippen molar-refractivity contribution in [1.82, 2.24) is 10.6 Å². The fraction of sp³-hybridized carbons (Fsp3) is 0.467. The van der Waals surface area contributed by atoms with Gasteiger partial charge in [-0.1, -0.05) is 44.2 Å². The molecule has 1 unspecified atom stereocenters. The molecule has 0 saturated heterocycles. The van der Waals surface area contributed by atoms with E-state index >= 15 is 0 Å². The first-order valence-corrected chi connectivity index (χ1v) is 6.71. The van der Waals surface area contributed by atoms with Gasteiger partial charge in [0.25, 0.3) is 0 Å². The lowest BCUT2D eigenvalue weighted by Gasteiger charge is -2.10. The lowest BCUT2D eigenvalue weighted by molar-refractivity contribution is -0.128. The second-order valence-corrected chi connectivity index (χ2v) is 4.61. The van der Waals surface area contributed by atoms with Crippen molar-refractivity contribution >= 4 is 11.8 Å². The second kappa shape index (κ2) is 8.29. The van der Waals surface area contributed by atoms with Gasteiger partial charge in [0.05, 0.1) is 6.54 Å². The Morgan fingerprint density at radius 2 is 1.84 bits per heavy atom. The third-order valence-corrected chi connectivity index (χ3v) is 3.06. The fourth-order valence-electron chi connectivity index (χ4n) is 1.58. The molecule has 0 heterocycles. The van der Waals surface area contributed by atoms with Gasteiger partial charge >= 0.3 is 0 Å². The molecule has 2 N–H and O–H groups in total. The van der Waals surface area contributed by atoms with Gasteiger partial charge in [-0.05, 0) is 18.4 Å². The maximum atomic E-state index is 11.5. The Kier molecular flexibility index (Phi) is 6.64. The lowest BCUT2D eigenvalue weighted by Crippen LogP contribution is -2.39. The van der Waals surface area contributed by atoms with E-state index in [1.807, 2.05) is 44.2 Å². The van der Waals surface area contributed by atoms with Gasteiger partial charge in [0, 0.05) is 12.5 Å². The van der Waals surface area contributed by atoms with Crippen molar-refractivity contribution in [2.75, 3.05) is 13.1 Å². The molecule has 1 atom stereocenters. The molecule has 1 aromatic carbocycles. The Morgan fingerprint density at radius 1 is 1.16 bits per heavy atom. The summed E-state index contributed by atoms with van der Waals surface area (Å²) < 4.78 is 0. The van der Waals surface area contributed by atoms with Crippen LogP contribution in [0.2, 0.25) is 0 Å². The van der Waals surface area contributed by atoms with Crippen molar-refractivity contribution in [1.29, 1.82) is 0 Å². The van der Waals surface area contributed by atoms with Gasteiger partial charge in [-0.25, -0.2) is 0 Å². The molecule has 0 aliphatic heterocycles. The van der Waals surface area contributed by atoms with E-state index in [9.17, 15) is 9.59 Å². The molecule has 19 heavy (non-hydrogen) atoms. The molecule has 1 rings (SSSR count). The average molecular weight is 262 g/mol. The number of nitrogens with one attached hydrogen (secondary N) is 2. The molecule has 0 fully saturated rings. The smallest absolute Gasteiger partial charge is 0.239 e. The lowest BCUT2D eigenvalue weighted by atomic mass is 10.1. The van der Waals surface area contributed by atoms with E-state index in [1.54, 1.807) is 0 Å². The van der Waals surface area contributed by atoms with Crippen LogP contribution in [0, 0.1) is 5.92 Å². The van der Waals surface area contributed by atoms with Gasteiger partial charge in [0.1, 0.15) is 0 Å². The molecule has 1 aromatic rings. The van der Waals surface area contributed by atoms with Crippen molar-refractivity contribution in [3.8, 4) is 0 Å². The summed E-state index contributed by atoms with van der Waals surface area (Å²) in [5, 5.41) is 5.42. The molecule has 4 heteroatoms. The third kappa shape index (κ3) is 6.04. The number of rotatable bonds is 7. The molecule has 0 aliphatic carbocycles. The molecule has 0 aromatic heterocycles. The molecule has 0 spiro atoms. The minimum absolute atomic E-state index is 0.0443. The summed E-state index contributed by atoms with van der Waals surface area (Å²) in [4.78, 5) is 23.0. The van der Waals surface area contributed by atoms with Crippen LogP contribution in [0.3, 0.4) is 0 Å². The zero-order valence-electron chi connectivity index (χ0n) is 11.6. The van der Waals surface area contributed by atoms with E-state index in [0.717, 1.165) is 12.8 Å². The summed E-state index contributed by atoms with van der Waals surface area (Å²) in [6.45, 7) is 4.44. The Labute approximate surface area is 114 Å². The molecule has 0 radical (unpaired) electrons. The first kappa shape index (κ1) is 15.2. The monoisotopic (exact) mass is 262 g/mol. The molecular weight excluding hydrogens is 240 g/mol. The van der Waals surface area contributed by atoms with Crippen molar-refractivity contribution in [2.45, 2.75) is 26.7 Å². The highest BCUT2D eigenvalue weighted by Crippen LogP contribution is 1.99. The summed E-state index contributed by atoms with van der Waals surface area (Å²) in [6, 6.07) is 9.97. The highest BCUT2D eigenvalue weighted by molar-refractivity contribution is 5.85. The number of hydrogen-bond donors (Lipinski definition) is 2. The maximum absolute atomic E-state index is 11.5. The van der Waals surface area contributed by atoms with Crippen LogP contribution >= 0.6 is 0 Å². The van der Waals surface area contributed by atoms with Gasteiger partial charge in [0.15, 0.2) is 0 Å². The predicted octanol–water partition coefficient (Wildman–Crippen LogP) is 1.51. The normalized spacial score (nSPS) is 11.7. The first-order valence-electron chi connectivity index (χ1n) is 6.71. The van der Waals surface area contributed by atoms with Crippen LogP contribution in [-0.2, 0) is 16.0 Å². The van der Waals surface area contributed by atoms with Crippen molar-refractivity contribution in [2.24, 2.45) is 5.92 Å². The molecule has 0 bridgehead atoms. The van der Waals surface area contributed by atoms with Crippen LogP contribution in [-0.4, -0.2) is 24.9 Å². The Hall–Kier alpha value is -1.84. The van der Waals surface area contributed by atoms with E-state index in [2.05, 4.69) is 10.6 Å². The number of carbonyl (C=O) groups is 2. The maximum Gasteiger partial charge on any atom is 0.239 e. The van der Waals surface area contributed by atoms with Gasteiger partial charge in [0.2, 0.25) is 11.8 Å². The van der Waals surface area contributed by atoms with Crippen molar-refractivity contribution < 1.29 is 9.59 Å².